The molecule has 1 aliphatic rings. The standard InChI is InChI=1S/C18H21ClN2O3S2/c1-18(2,14-6-4-3-5-7-14)17(22)20-10-12-21(13-11-20)26(23,24)16-9-8-15(19)25-16/h3-9H,10-13H2,1-2H3. The molecule has 0 spiro atoms. The van der Waals surface area contributed by atoms with Crippen LogP contribution in [0.15, 0.2) is 46.7 Å². The van der Waals surface area contributed by atoms with Crippen LogP contribution < -0.4 is 0 Å². The fraction of sp³-hybridized carbons (Fsp3) is 0.389. The van der Waals surface area contributed by atoms with Gasteiger partial charge in [0.05, 0.1) is 9.75 Å². The first-order valence-electron chi connectivity index (χ1n) is 8.33. The van der Waals surface area contributed by atoms with E-state index in [1.807, 2.05) is 44.2 Å². The van der Waals surface area contributed by atoms with Crippen molar-refractivity contribution in [3.05, 3.63) is 52.4 Å². The molecule has 0 bridgehead atoms. The van der Waals surface area contributed by atoms with Crippen molar-refractivity contribution < 1.29 is 13.2 Å². The summed E-state index contributed by atoms with van der Waals surface area (Å²) in [5.41, 5.74) is 0.303. The summed E-state index contributed by atoms with van der Waals surface area (Å²) in [6, 6.07) is 12.8. The number of nitrogens with zero attached hydrogens (tertiary/aromatic N) is 2. The van der Waals surface area contributed by atoms with E-state index in [1.165, 1.54) is 10.4 Å². The van der Waals surface area contributed by atoms with Gasteiger partial charge in [0.2, 0.25) is 5.91 Å². The Morgan fingerprint density at radius 3 is 2.19 bits per heavy atom. The van der Waals surface area contributed by atoms with Gasteiger partial charge in [-0.05, 0) is 31.5 Å². The number of piperazine rings is 1. The molecular weight excluding hydrogens is 392 g/mol. The second-order valence-corrected chi connectivity index (χ2v) is 10.6. The van der Waals surface area contributed by atoms with E-state index in [9.17, 15) is 13.2 Å². The van der Waals surface area contributed by atoms with Crippen molar-refractivity contribution in [1.29, 1.82) is 0 Å². The van der Waals surface area contributed by atoms with E-state index < -0.39 is 15.4 Å². The molecule has 0 saturated carbocycles. The van der Waals surface area contributed by atoms with E-state index in [-0.39, 0.29) is 23.2 Å². The highest BCUT2D eigenvalue weighted by molar-refractivity contribution is 7.91. The van der Waals surface area contributed by atoms with Gasteiger partial charge in [-0.2, -0.15) is 4.31 Å². The number of carbonyl (C=O) groups is 1. The van der Waals surface area contributed by atoms with Crippen LogP contribution in [0.1, 0.15) is 19.4 Å². The highest BCUT2D eigenvalue weighted by Gasteiger charge is 2.37. The molecule has 8 heteroatoms. The SMILES string of the molecule is CC(C)(C(=O)N1CCN(S(=O)(=O)c2ccc(Cl)s2)CC1)c1ccccc1. The van der Waals surface area contributed by atoms with Crippen LogP contribution in [0.2, 0.25) is 4.34 Å². The van der Waals surface area contributed by atoms with Crippen molar-refractivity contribution in [2.24, 2.45) is 0 Å². The topological polar surface area (TPSA) is 57.7 Å². The number of benzene rings is 1. The van der Waals surface area contributed by atoms with Crippen LogP contribution in [0.4, 0.5) is 0 Å². The summed E-state index contributed by atoms with van der Waals surface area (Å²) in [6.07, 6.45) is 0. The molecule has 5 nitrogen and oxygen atoms in total. The quantitative estimate of drug-likeness (QED) is 0.774. The van der Waals surface area contributed by atoms with Crippen molar-refractivity contribution in [2.75, 3.05) is 26.2 Å². The lowest BCUT2D eigenvalue weighted by atomic mass is 9.83. The van der Waals surface area contributed by atoms with Gasteiger partial charge in [0.15, 0.2) is 0 Å². The third-order valence-corrected chi connectivity index (χ3v) is 8.30. The Hall–Kier alpha value is -1.41. The minimum atomic E-state index is -3.55. The molecule has 2 heterocycles. The van der Waals surface area contributed by atoms with Crippen molar-refractivity contribution in [2.45, 2.75) is 23.5 Å². The number of thiophene rings is 1. The summed E-state index contributed by atoms with van der Waals surface area (Å²) < 4.78 is 27.5. The minimum Gasteiger partial charge on any atom is -0.339 e. The summed E-state index contributed by atoms with van der Waals surface area (Å²) in [7, 11) is -3.55. The van der Waals surface area contributed by atoms with Crippen molar-refractivity contribution in [3.63, 3.8) is 0 Å². The molecule has 0 unspecified atom stereocenters. The Morgan fingerprint density at radius 1 is 1.04 bits per heavy atom. The maximum atomic E-state index is 13.0. The van der Waals surface area contributed by atoms with Gasteiger partial charge in [-0.1, -0.05) is 41.9 Å². The van der Waals surface area contributed by atoms with Crippen LogP contribution in [0.3, 0.4) is 0 Å². The zero-order valence-corrected chi connectivity index (χ0v) is 17.1. The van der Waals surface area contributed by atoms with Crippen molar-refractivity contribution in [1.82, 2.24) is 9.21 Å². The lowest BCUT2D eigenvalue weighted by Gasteiger charge is -2.38. The molecule has 0 aliphatic carbocycles. The van der Waals surface area contributed by atoms with E-state index in [1.54, 1.807) is 11.0 Å². The average molecular weight is 413 g/mol. The van der Waals surface area contributed by atoms with Gasteiger partial charge in [0.1, 0.15) is 4.21 Å². The summed E-state index contributed by atoms with van der Waals surface area (Å²) >= 11 is 6.91. The molecule has 1 aromatic carbocycles. The largest absolute Gasteiger partial charge is 0.339 e. The Bertz CT molecular complexity index is 886. The highest BCUT2D eigenvalue weighted by Crippen LogP contribution is 2.30. The first-order chi connectivity index (χ1) is 12.2. The van der Waals surface area contributed by atoms with Gasteiger partial charge in [0, 0.05) is 26.2 Å². The summed E-state index contributed by atoms with van der Waals surface area (Å²) in [4.78, 5) is 14.7. The smallest absolute Gasteiger partial charge is 0.252 e. The third kappa shape index (κ3) is 3.67. The van der Waals surface area contributed by atoms with Gasteiger partial charge in [-0.15, -0.1) is 11.3 Å². The van der Waals surface area contributed by atoms with Crippen molar-refractivity contribution >= 4 is 38.9 Å². The minimum absolute atomic E-state index is 0.0138. The Morgan fingerprint density at radius 2 is 1.65 bits per heavy atom. The number of amides is 1. The van der Waals surface area contributed by atoms with Crippen LogP contribution in [0.25, 0.3) is 0 Å². The Kier molecular flexibility index (Phi) is 5.44. The number of carbonyl (C=O) groups excluding carboxylic acids is 1. The Labute approximate surface area is 163 Å². The average Bonchev–Trinajstić information content (AvgIpc) is 3.09. The summed E-state index contributed by atoms with van der Waals surface area (Å²) in [5.74, 6) is 0.0138. The number of halogens is 1. The van der Waals surface area contributed by atoms with E-state index in [2.05, 4.69) is 0 Å². The van der Waals surface area contributed by atoms with Gasteiger partial charge < -0.3 is 4.90 Å². The second-order valence-electron chi connectivity index (χ2n) is 6.75. The van der Waals surface area contributed by atoms with Crippen LogP contribution in [-0.4, -0.2) is 49.7 Å². The first kappa shape index (κ1) is 19.4. The lowest BCUT2D eigenvalue weighted by molar-refractivity contribution is -0.137. The maximum Gasteiger partial charge on any atom is 0.252 e. The van der Waals surface area contributed by atoms with Gasteiger partial charge >= 0.3 is 0 Å². The number of sulfonamides is 1. The fourth-order valence-electron chi connectivity index (χ4n) is 3.07. The van der Waals surface area contributed by atoms with Gasteiger partial charge in [0.25, 0.3) is 10.0 Å². The molecule has 1 aliphatic heterocycles. The molecule has 3 rings (SSSR count). The van der Waals surface area contributed by atoms with Gasteiger partial charge in [-0.25, -0.2) is 8.42 Å². The third-order valence-electron chi connectivity index (χ3n) is 4.70. The van der Waals surface area contributed by atoms with Gasteiger partial charge in [-0.3, -0.25) is 4.79 Å². The molecule has 0 atom stereocenters. The molecule has 26 heavy (non-hydrogen) atoms. The molecule has 1 fully saturated rings. The van der Waals surface area contributed by atoms with E-state index >= 15 is 0 Å². The molecule has 1 aromatic heterocycles. The van der Waals surface area contributed by atoms with Crippen LogP contribution >= 0.6 is 22.9 Å². The van der Waals surface area contributed by atoms with Crippen LogP contribution in [-0.2, 0) is 20.2 Å². The lowest BCUT2D eigenvalue weighted by Crippen LogP contribution is -2.54. The van der Waals surface area contributed by atoms with Crippen molar-refractivity contribution in [3.8, 4) is 0 Å². The number of hydrogen-bond acceptors (Lipinski definition) is 4. The number of hydrogen-bond donors (Lipinski definition) is 0. The predicted octanol–water partition coefficient (Wildman–Crippen LogP) is 3.21. The molecular formula is C18H21ClN2O3S2. The molecule has 0 radical (unpaired) electrons. The zero-order chi connectivity index (χ0) is 18.9. The summed E-state index contributed by atoms with van der Waals surface area (Å²) in [6.45, 7) is 5.15. The van der Waals surface area contributed by atoms with E-state index in [0.717, 1.165) is 16.9 Å². The molecule has 140 valence electrons. The van der Waals surface area contributed by atoms with Crippen LogP contribution in [0, 0.1) is 0 Å². The predicted molar refractivity (Wildman–Crippen MR) is 104 cm³/mol. The molecule has 2 aromatic rings. The summed E-state index contributed by atoms with van der Waals surface area (Å²) in [5, 5.41) is 0. The van der Waals surface area contributed by atoms with E-state index in [0.29, 0.717) is 17.4 Å². The molecule has 1 amide bonds. The second kappa shape index (κ2) is 7.31. The van der Waals surface area contributed by atoms with Crippen LogP contribution in [0.5, 0.6) is 0 Å². The molecule has 1 saturated heterocycles. The van der Waals surface area contributed by atoms with E-state index in [4.69, 9.17) is 11.6 Å². The maximum absolute atomic E-state index is 13.0. The zero-order valence-electron chi connectivity index (χ0n) is 14.7. The Balaban J connectivity index is 1.69. The number of rotatable bonds is 4. The first-order valence-corrected chi connectivity index (χ1v) is 11.0. The fourth-order valence-corrected chi connectivity index (χ4v) is 6.13. The molecule has 0 N–H and O–H groups in total. The normalized spacial score (nSPS) is 16.7. The monoisotopic (exact) mass is 412 g/mol. The highest BCUT2D eigenvalue weighted by atomic mass is 35.5.